The van der Waals surface area contributed by atoms with E-state index in [1.807, 2.05) is 13.0 Å². The summed E-state index contributed by atoms with van der Waals surface area (Å²) in [5.41, 5.74) is 2.04. The lowest BCUT2D eigenvalue weighted by Crippen LogP contribution is -2.54. The zero-order valence-corrected chi connectivity index (χ0v) is 15.5. The summed E-state index contributed by atoms with van der Waals surface area (Å²) in [5, 5.41) is 11.9. The maximum absolute atomic E-state index is 12.9. The van der Waals surface area contributed by atoms with Gasteiger partial charge in [0.1, 0.15) is 11.3 Å². The number of halogens is 1. The summed E-state index contributed by atoms with van der Waals surface area (Å²) in [7, 11) is 0. The largest absolute Gasteiger partial charge is 0.508 e. The summed E-state index contributed by atoms with van der Waals surface area (Å²) in [6.45, 7) is 1.86. The number of carbonyl (C=O) groups excluding carboxylic acids is 2. The van der Waals surface area contributed by atoms with E-state index in [1.54, 1.807) is 24.3 Å². The summed E-state index contributed by atoms with van der Waals surface area (Å²) in [5.74, 6) is -0.934. The molecule has 2 amide bonds. The topological polar surface area (TPSA) is 69.6 Å². The molecule has 5 nitrogen and oxygen atoms in total. The zero-order chi connectivity index (χ0) is 18.1. The van der Waals surface area contributed by atoms with Crippen molar-refractivity contribution in [2.75, 3.05) is 4.90 Å². The molecule has 1 heterocycles. The van der Waals surface area contributed by atoms with Crippen molar-refractivity contribution in [2.24, 2.45) is 0 Å². The number of amides is 2. The Morgan fingerprint density at radius 1 is 1.16 bits per heavy atom. The van der Waals surface area contributed by atoms with Crippen LogP contribution >= 0.6 is 28.1 Å². The summed E-state index contributed by atoms with van der Waals surface area (Å²) < 4.78 is 0.882. The maximum atomic E-state index is 12.9. The Bertz CT molecular complexity index is 922. The average molecular weight is 417 g/mol. The van der Waals surface area contributed by atoms with E-state index in [4.69, 9.17) is 12.2 Å². The van der Waals surface area contributed by atoms with E-state index in [9.17, 15) is 14.7 Å². The Hall–Kier alpha value is -2.51. The molecular weight excluding hydrogens is 404 g/mol. The van der Waals surface area contributed by atoms with Gasteiger partial charge in [0.05, 0.1) is 5.69 Å². The molecular formula is C18H13BrN2O3S. The monoisotopic (exact) mass is 416 g/mol. The molecule has 0 aliphatic carbocycles. The Morgan fingerprint density at radius 2 is 1.84 bits per heavy atom. The molecule has 0 unspecified atom stereocenters. The van der Waals surface area contributed by atoms with Crippen LogP contribution in [0.5, 0.6) is 5.75 Å². The van der Waals surface area contributed by atoms with Crippen LogP contribution in [-0.2, 0) is 9.59 Å². The van der Waals surface area contributed by atoms with Crippen LogP contribution in [-0.4, -0.2) is 22.0 Å². The van der Waals surface area contributed by atoms with E-state index in [0.717, 1.165) is 10.0 Å². The minimum atomic E-state index is -0.547. The highest BCUT2D eigenvalue weighted by atomic mass is 79.9. The van der Waals surface area contributed by atoms with Crippen molar-refractivity contribution in [1.29, 1.82) is 0 Å². The van der Waals surface area contributed by atoms with E-state index < -0.39 is 11.8 Å². The highest BCUT2D eigenvalue weighted by Gasteiger charge is 2.35. The van der Waals surface area contributed by atoms with Crippen LogP contribution in [0.25, 0.3) is 6.08 Å². The molecule has 0 bridgehead atoms. The highest BCUT2D eigenvalue weighted by Crippen LogP contribution is 2.27. The number of benzene rings is 2. The van der Waals surface area contributed by atoms with Gasteiger partial charge in [0.25, 0.3) is 11.8 Å². The molecule has 0 spiro atoms. The minimum absolute atomic E-state index is 0.0263. The fourth-order valence-electron chi connectivity index (χ4n) is 2.48. The second-order valence-corrected chi connectivity index (χ2v) is 6.78. The molecule has 0 aromatic heterocycles. The highest BCUT2D eigenvalue weighted by molar-refractivity contribution is 9.10. The number of rotatable bonds is 2. The van der Waals surface area contributed by atoms with Gasteiger partial charge >= 0.3 is 0 Å². The van der Waals surface area contributed by atoms with E-state index in [-0.39, 0.29) is 16.4 Å². The van der Waals surface area contributed by atoms with Crippen LogP contribution in [0.3, 0.4) is 0 Å². The first-order chi connectivity index (χ1) is 11.9. The van der Waals surface area contributed by atoms with Crippen molar-refractivity contribution >= 4 is 56.8 Å². The average Bonchev–Trinajstić information content (AvgIpc) is 2.55. The number of carbonyl (C=O) groups is 2. The molecule has 2 N–H and O–H groups in total. The molecule has 126 valence electrons. The van der Waals surface area contributed by atoms with Gasteiger partial charge in [-0.15, -0.1) is 0 Å². The summed E-state index contributed by atoms with van der Waals surface area (Å²) in [6, 6.07) is 11.6. The smallest absolute Gasteiger partial charge is 0.270 e. The van der Waals surface area contributed by atoms with Crippen LogP contribution in [0.15, 0.2) is 52.5 Å². The number of thiocarbonyl (C=S) groups is 1. The lowest BCUT2D eigenvalue weighted by molar-refractivity contribution is -0.122. The number of aryl methyl sites for hydroxylation is 1. The number of anilines is 1. The molecule has 2 aromatic carbocycles. The van der Waals surface area contributed by atoms with Crippen molar-refractivity contribution < 1.29 is 14.7 Å². The van der Waals surface area contributed by atoms with Crippen molar-refractivity contribution in [3.8, 4) is 5.75 Å². The third kappa shape index (κ3) is 3.47. The number of hydrogen-bond acceptors (Lipinski definition) is 4. The van der Waals surface area contributed by atoms with E-state index in [0.29, 0.717) is 11.3 Å². The second-order valence-electron chi connectivity index (χ2n) is 5.48. The summed E-state index contributed by atoms with van der Waals surface area (Å²) in [4.78, 5) is 26.4. The van der Waals surface area contributed by atoms with Gasteiger partial charge in [-0.1, -0.05) is 28.1 Å². The SMILES string of the molecule is Cc1cc(Br)ccc1N1C(=O)/C(=C/c2ccc(O)cc2)C(=O)NC1=S. The van der Waals surface area contributed by atoms with Gasteiger partial charge in [0.15, 0.2) is 5.11 Å². The number of phenols is 1. The van der Waals surface area contributed by atoms with Crippen molar-refractivity contribution in [2.45, 2.75) is 6.92 Å². The predicted octanol–water partition coefficient (Wildman–Crippen LogP) is 3.29. The number of phenolic OH excluding ortho intramolecular Hbond substituents is 1. The molecule has 0 saturated carbocycles. The van der Waals surface area contributed by atoms with Gasteiger partial charge in [-0.3, -0.25) is 19.8 Å². The molecule has 3 rings (SSSR count). The van der Waals surface area contributed by atoms with Crippen LogP contribution in [0.2, 0.25) is 0 Å². The van der Waals surface area contributed by atoms with Gasteiger partial charge in [0, 0.05) is 4.47 Å². The fraction of sp³-hybridized carbons (Fsp3) is 0.0556. The molecule has 1 aliphatic heterocycles. The van der Waals surface area contributed by atoms with E-state index >= 15 is 0 Å². The number of nitrogens with one attached hydrogen (secondary N) is 1. The van der Waals surface area contributed by atoms with Crippen molar-refractivity contribution in [3.05, 3.63) is 63.6 Å². The lowest BCUT2D eigenvalue weighted by atomic mass is 10.1. The quantitative estimate of drug-likeness (QED) is 0.447. The maximum Gasteiger partial charge on any atom is 0.270 e. The zero-order valence-electron chi connectivity index (χ0n) is 13.1. The number of nitrogens with zero attached hydrogens (tertiary/aromatic N) is 1. The van der Waals surface area contributed by atoms with Gasteiger partial charge in [-0.05, 0) is 66.7 Å². The molecule has 1 fully saturated rings. The van der Waals surface area contributed by atoms with Gasteiger partial charge in [-0.25, -0.2) is 0 Å². The van der Waals surface area contributed by atoms with Gasteiger partial charge < -0.3 is 5.11 Å². The third-order valence-corrected chi connectivity index (χ3v) is 4.48. The Kier molecular flexibility index (Phi) is 4.69. The first-order valence-corrected chi connectivity index (χ1v) is 8.53. The first kappa shape index (κ1) is 17.3. The minimum Gasteiger partial charge on any atom is -0.508 e. The van der Waals surface area contributed by atoms with Gasteiger partial charge in [-0.2, -0.15) is 0 Å². The standard InChI is InChI=1S/C18H13BrN2O3S/c1-10-8-12(19)4-7-15(10)21-17(24)14(16(23)20-18(21)25)9-11-2-5-13(22)6-3-11/h2-9,22H,1H3,(H,20,23,25)/b14-9+. The molecule has 2 aromatic rings. The molecule has 0 atom stereocenters. The van der Waals surface area contributed by atoms with Crippen LogP contribution in [0, 0.1) is 6.92 Å². The molecule has 1 aliphatic rings. The molecule has 7 heteroatoms. The Labute approximate surface area is 158 Å². The molecule has 25 heavy (non-hydrogen) atoms. The van der Waals surface area contributed by atoms with Crippen molar-refractivity contribution in [1.82, 2.24) is 5.32 Å². The Morgan fingerprint density at radius 3 is 2.48 bits per heavy atom. The second kappa shape index (κ2) is 6.78. The van der Waals surface area contributed by atoms with Crippen LogP contribution < -0.4 is 10.2 Å². The Balaban J connectivity index is 2.03. The number of hydrogen-bond donors (Lipinski definition) is 2. The van der Waals surface area contributed by atoms with Crippen LogP contribution in [0.4, 0.5) is 5.69 Å². The summed E-state index contributed by atoms with van der Waals surface area (Å²) >= 11 is 8.58. The molecule has 1 saturated heterocycles. The predicted molar refractivity (Wildman–Crippen MR) is 103 cm³/mol. The normalized spacial score (nSPS) is 16.3. The lowest BCUT2D eigenvalue weighted by Gasteiger charge is -2.30. The van der Waals surface area contributed by atoms with E-state index in [2.05, 4.69) is 21.2 Å². The van der Waals surface area contributed by atoms with Crippen molar-refractivity contribution in [3.63, 3.8) is 0 Å². The first-order valence-electron chi connectivity index (χ1n) is 7.33. The summed E-state index contributed by atoms with van der Waals surface area (Å²) in [6.07, 6.45) is 1.47. The third-order valence-electron chi connectivity index (χ3n) is 3.71. The number of aromatic hydroxyl groups is 1. The van der Waals surface area contributed by atoms with Gasteiger partial charge in [0.2, 0.25) is 0 Å². The molecule has 0 radical (unpaired) electrons. The fourth-order valence-corrected chi connectivity index (χ4v) is 3.23. The van der Waals surface area contributed by atoms with E-state index in [1.165, 1.54) is 23.1 Å². The van der Waals surface area contributed by atoms with Crippen LogP contribution in [0.1, 0.15) is 11.1 Å².